The van der Waals surface area contributed by atoms with Crippen molar-refractivity contribution in [3.63, 3.8) is 0 Å². The van der Waals surface area contributed by atoms with E-state index in [1.165, 1.54) is 41.0 Å². The Morgan fingerprint density at radius 3 is 2.52 bits per heavy atom. The molecule has 0 radical (unpaired) electrons. The summed E-state index contributed by atoms with van der Waals surface area (Å²) in [4.78, 5) is 18.1. The lowest BCUT2D eigenvalue weighted by Gasteiger charge is -2.36. The predicted molar refractivity (Wildman–Crippen MR) is 106 cm³/mol. The zero-order valence-electron chi connectivity index (χ0n) is 14.7. The number of carbonyl (C=O) groups is 1. The van der Waals surface area contributed by atoms with Crippen LogP contribution < -0.4 is 4.90 Å². The number of hydrogen-bond donors (Lipinski definition) is 1. The Labute approximate surface area is 160 Å². The third kappa shape index (κ3) is 2.98. The Morgan fingerprint density at radius 2 is 1.81 bits per heavy atom. The SMILES string of the molecule is O=C(O)c1ccc2nc(N=Nc3cc4c5c(c3)CCCN5CCC4)sc2c1. The lowest BCUT2D eigenvalue weighted by Crippen LogP contribution is -2.34. The number of benzene rings is 2. The van der Waals surface area contributed by atoms with E-state index in [0.717, 1.165) is 41.8 Å². The number of carboxylic acids is 1. The van der Waals surface area contributed by atoms with Crippen LogP contribution in [0.1, 0.15) is 34.3 Å². The van der Waals surface area contributed by atoms with E-state index < -0.39 is 5.97 Å². The van der Waals surface area contributed by atoms with E-state index in [4.69, 9.17) is 5.11 Å². The zero-order chi connectivity index (χ0) is 18.4. The highest BCUT2D eigenvalue weighted by atomic mass is 32.1. The van der Waals surface area contributed by atoms with Gasteiger partial charge in [0.2, 0.25) is 5.13 Å². The second kappa shape index (κ2) is 6.42. The van der Waals surface area contributed by atoms with E-state index in [1.54, 1.807) is 18.2 Å². The van der Waals surface area contributed by atoms with Crippen molar-refractivity contribution in [2.75, 3.05) is 18.0 Å². The molecular formula is C20H18N4O2S. The van der Waals surface area contributed by atoms with Crippen molar-refractivity contribution in [2.45, 2.75) is 25.7 Å². The number of hydrogen-bond acceptors (Lipinski definition) is 6. The van der Waals surface area contributed by atoms with Gasteiger partial charge in [0.15, 0.2) is 0 Å². The monoisotopic (exact) mass is 378 g/mol. The van der Waals surface area contributed by atoms with E-state index in [2.05, 4.69) is 32.2 Å². The molecule has 0 saturated heterocycles. The van der Waals surface area contributed by atoms with Crippen LogP contribution in [0.15, 0.2) is 40.6 Å². The van der Waals surface area contributed by atoms with Gasteiger partial charge in [-0.3, -0.25) is 0 Å². The van der Waals surface area contributed by atoms with Crippen LogP contribution in [0.4, 0.5) is 16.5 Å². The number of rotatable bonds is 3. The highest BCUT2D eigenvalue weighted by molar-refractivity contribution is 7.21. The van der Waals surface area contributed by atoms with Gasteiger partial charge in [0.1, 0.15) is 0 Å². The van der Waals surface area contributed by atoms with Gasteiger partial charge >= 0.3 is 5.97 Å². The van der Waals surface area contributed by atoms with Gasteiger partial charge in [-0.1, -0.05) is 11.3 Å². The summed E-state index contributed by atoms with van der Waals surface area (Å²) in [5.41, 5.74) is 6.05. The second-order valence-electron chi connectivity index (χ2n) is 6.99. The maximum atomic E-state index is 11.1. The second-order valence-corrected chi connectivity index (χ2v) is 8.00. The highest BCUT2D eigenvalue weighted by Gasteiger charge is 2.24. The molecule has 3 heterocycles. The third-order valence-electron chi connectivity index (χ3n) is 5.19. The normalized spacial score (nSPS) is 16.1. The largest absolute Gasteiger partial charge is 0.478 e. The molecule has 0 saturated carbocycles. The van der Waals surface area contributed by atoms with Gasteiger partial charge in [0, 0.05) is 18.8 Å². The minimum Gasteiger partial charge on any atom is -0.478 e. The van der Waals surface area contributed by atoms with E-state index in [-0.39, 0.29) is 5.56 Å². The van der Waals surface area contributed by atoms with Crippen molar-refractivity contribution >= 4 is 44.0 Å². The minimum absolute atomic E-state index is 0.257. The van der Waals surface area contributed by atoms with Crippen molar-refractivity contribution in [1.82, 2.24) is 4.98 Å². The molecule has 0 fully saturated rings. The van der Waals surface area contributed by atoms with Crippen LogP contribution in [0.3, 0.4) is 0 Å². The average molecular weight is 378 g/mol. The van der Waals surface area contributed by atoms with Crippen LogP contribution in [0.25, 0.3) is 10.2 Å². The summed E-state index contributed by atoms with van der Waals surface area (Å²) in [5, 5.41) is 18.4. The summed E-state index contributed by atoms with van der Waals surface area (Å²) >= 11 is 1.36. The average Bonchev–Trinajstić information content (AvgIpc) is 3.09. The van der Waals surface area contributed by atoms with Crippen LogP contribution >= 0.6 is 11.3 Å². The first-order chi connectivity index (χ1) is 13.2. The maximum absolute atomic E-state index is 11.1. The Hall–Kier alpha value is -2.80. The number of azo groups is 1. The number of anilines is 1. The van der Waals surface area contributed by atoms with Crippen molar-refractivity contribution in [2.24, 2.45) is 10.2 Å². The molecule has 0 unspecified atom stereocenters. The molecule has 7 heteroatoms. The molecule has 27 heavy (non-hydrogen) atoms. The minimum atomic E-state index is -0.939. The fourth-order valence-corrected chi connectivity index (χ4v) is 4.86. The molecule has 1 N–H and O–H groups in total. The molecule has 2 aliphatic heterocycles. The molecule has 136 valence electrons. The van der Waals surface area contributed by atoms with E-state index in [1.807, 2.05) is 0 Å². The number of aryl methyl sites for hydroxylation is 2. The quantitative estimate of drug-likeness (QED) is 0.643. The van der Waals surface area contributed by atoms with Crippen LogP contribution in [0, 0.1) is 0 Å². The Morgan fingerprint density at radius 1 is 1.07 bits per heavy atom. The molecule has 1 aromatic heterocycles. The summed E-state index contributed by atoms with van der Waals surface area (Å²) in [6, 6.07) is 9.20. The van der Waals surface area contributed by atoms with E-state index >= 15 is 0 Å². The molecule has 5 rings (SSSR count). The van der Waals surface area contributed by atoms with E-state index in [9.17, 15) is 4.79 Å². The summed E-state index contributed by atoms with van der Waals surface area (Å²) in [6.45, 7) is 2.32. The van der Waals surface area contributed by atoms with Gasteiger partial charge in [-0.05, 0) is 67.1 Å². The first-order valence-electron chi connectivity index (χ1n) is 9.14. The molecule has 3 aromatic rings. The molecule has 0 atom stereocenters. The zero-order valence-corrected chi connectivity index (χ0v) is 15.5. The Kier molecular flexibility index (Phi) is 3.89. The van der Waals surface area contributed by atoms with Gasteiger partial charge in [-0.25, -0.2) is 9.78 Å². The molecule has 0 amide bonds. The summed E-state index contributed by atoms with van der Waals surface area (Å²) < 4.78 is 0.806. The number of thiazole rings is 1. The van der Waals surface area contributed by atoms with Gasteiger partial charge < -0.3 is 10.0 Å². The maximum Gasteiger partial charge on any atom is 0.335 e. The number of aromatic nitrogens is 1. The number of nitrogens with zero attached hydrogens (tertiary/aromatic N) is 4. The Bertz CT molecular complexity index is 1060. The molecular weight excluding hydrogens is 360 g/mol. The van der Waals surface area contributed by atoms with Crippen LogP contribution in [-0.4, -0.2) is 29.1 Å². The molecule has 2 aromatic carbocycles. The fraction of sp³-hybridized carbons (Fsp3) is 0.300. The van der Waals surface area contributed by atoms with Crippen LogP contribution in [-0.2, 0) is 12.8 Å². The van der Waals surface area contributed by atoms with E-state index in [0.29, 0.717) is 5.13 Å². The van der Waals surface area contributed by atoms with Gasteiger partial charge in [-0.15, -0.1) is 10.2 Å². The molecule has 6 nitrogen and oxygen atoms in total. The van der Waals surface area contributed by atoms with Crippen molar-refractivity contribution < 1.29 is 9.90 Å². The fourth-order valence-electron chi connectivity index (χ4n) is 4.03. The first kappa shape index (κ1) is 16.4. The standard InChI is InChI=1S/C20H18N4O2S/c25-19(26)14-5-6-16-17(11-14)27-20(21-16)23-22-15-9-12-3-1-7-24-8-2-4-13(10-15)18(12)24/h5-6,9-11H,1-4,7-8H2,(H,25,26). The van der Waals surface area contributed by atoms with Gasteiger partial charge in [0.25, 0.3) is 0 Å². The Balaban J connectivity index is 1.47. The van der Waals surface area contributed by atoms with Gasteiger partial charge in [0.05, 0.1) is 21.5 Å². The third-order valence-corrected chi connectivity index (χ3v) is 6.09. The summed E-state index contributed by atoms with van der Waals surface area (Å²) in [6.07, 6.45) is 4.58. The number of aromatic carboxylic acids is 1. The van der Waals surface area contributed by atoms with Crippen LogP contribution in [0.2, 0.25) is 0 Å². The lowest BCUT2D eigenvalue weighted by molar-refractivity contribution is 0.0697. The smallest absolute Gasteiger partial charge is 0.335 e. The molecule has 0 aliphatic carbocycles. The summed E-state index contributed by atoms with van der Waals surface area (Å²) in [5.74, 6) is -0.939. The topological polar surface area (TPSA) is 78.1 Å². The van der Waals surface area contributed by atoms with Crippen LogP contribution in [0.5, 0.6) is 0 Å². The highest BCUT2D eigenvalue weighted by Crippen LogP contribution is 2.38. The molecule has 0 bridgehead atoms. The first-order valence-corrected chi connectivity index (χ1v) is 9.95. The van der Waals surface area contributed by atoms with Crippen molar-refractivity contribution in [3.8, 4) is 0 Å². The van der Waals surface area contributed by atoms with Crippen molar-refractivity contribution in [1.29, 1.82) is 0 Å². The van der Waals surface area contributed by atoms with Crippen molar-refractivity contribution in [3.05, 3.63) is 47.0 Å². The lowest BCUT2D eigenvalue weighted by atomic mass is 9.91. The summed E-state index contributed by atoms with van der Waals surface area (Å²) in [7, 11) is 0. The predicted octanol–water partition coefficient (Wildman–Crippen LogP) is 5.11. The molecule has 2 aliphatic rings. The van der Waals surface area contributed by atoms with Gasteiger partial charge in [-0.2, -0.15) is 0 Å². The number of fused-ring (bicyclic) bond motifs is 1. The number of carboxylic acid groups (broad SMARTS) is 1. The molecule has 0 spiro atoms.